The summed E-state index contributed by atoms with van der Waals surface area (Å²) in [4.78, 5) is 85.5. The van der Waals surface area contributed by atoms with E-state index in [1.807, 2.05) is 0 Å². The van der Waals surface area contributed by atoms with Crippen LogP contribution in [0.1, 0.15) is 226 Å². The van der Waals surface area contributed by atoms with Gasteiger partial charge in [0.2, 0.25) is 29.5 Å². The van der Waals surface area contributed by atoms with Gasteiger partial charge in [-0.05, 0) is 25.7 Å². The Labute approximate surface area is 398 Å². The van der Waals surface area contributed by atoms with E-state index in [0.717, 1.165) is 44.9 Å². The number of nitrogens with two attached hydrogens (primary N) is 1. The molecule has 378 valence electrons. The zero-order valence-electron chi connectivity index (χ0n) is 41.2. The highest BCUT2D eigenvalue weighted by atomic mass is 32.2. The molecule has 0 aliphatic rings. The Balaban J connectivity index is 4.82. The molecule has 6 N–H and O–H groups in total. The van der Waals surface area contributed by atoms with E-state index in [-0.39, 0.29) is 61.9 Å². The lowest BCUT2D eigenvalue weighted by Crippen LogP contribution is -2.50. The fraction of sp³-hybridized carbons (Fsp3) is 0.860. The molecule has 2 unspecified atom stereocenters. The highest BCUT2D eigenvalue weighted by Crippen LogP contribution is 2.16. The van der Waals surface area contributed by atoms with Crippen LogP contribution in [0.5, 0.6) is 0 Å². The molecule has 0 heterocycles. The number of rotatable bonds is 47. The van der Waals surface area contributed by atoms with E-state index in [1.54, 1.807) is 0 Å². The maximum Gasteiger partial charge on any atom is 0.306 e. The van der Waals surface area contributed by atoms with Crippen LogP contribution in [0.15, 0.2) is 0 Å². The lowest BCUT2D eigenvalue weighted by atomic mass is 10.0. The molecule has 0 bridgehead atoms. The van der Waals surface area contributed by atoms with Crippen molar-refractivity contribution >= 4 is 53.2 Å². The number of nitrogens with one attached hydrogen (secondary N) is 4. The molecule has 0 radical (unpaired) electrons. The largest absolute Gasteiger partial charge is 0.462 e. The minimum Gasteiger partial charge on any atom is -0.462 e. The van der Waals surface area contributed by atoms with Gasteiger partial charge < -0.3 is 36.5 Å². The highest BCUT2D eigenvalue weighted by molar-refractivity contribution is 7.99. The number of hydrogen-bond acceptors (Lipinski definition) is 10. The van der Waals surface area contributed by atoms with E-state index in [1.165, 1.54) is 141 Å². The molecule has 0 aromatic carbocycles. The van der Waals surface area contributed by atoms with E-state index < -0.39 is 35.8 Å². The summed E-state index contributed by atoms with van der Waals surface area (Å²) in [6, 6.07) is -0.953. The number of hydrogen-bond donors (Lipinski definition) is 5. The van der Waals surface area contributed by atoms with Crippen molar-refractivity contribution in [2.75, 3.05) is 37.7 Å². The molecule has 0 aromatic rings. The van der Waals surface area contributed by atoms with Gasteiger partial charge in [0.15, 0.2) is 0 Å². The van der Waals surface area contributed by atoms with E-state index in [0.29, 0.717) is 32.2 Å². The second-order valence-electron chi connectivity index (χ2n) is 17.7. The number of amides is 5. The summed E-state index contributed by atoms with van der Waals surface area (Å²) in [5.74, 6) is -2.52. The molecule has 0 fully saturated rings. The number of carbonyl (C=O) groups excluding carboxylic acids is 7. The van der Waals surface area contributed by atoms with Gasteiger partial charge in [-0.2, -0.15) is 11.8 Å². The Kier molecular flexibility index (Phi) is 43.4. The Bertz CT molecular complexity index is 1260. The molecule has 0 spiro atoms. The minimum atomic E-state index is -0.953. The van der Waals surface area contributed by atoms with Crippen molar-refractivity contribution in [1.29, 1.82) is 0 Å². The molecular formula is C50H93N5O9S. The predicted octanol–water partition coefficient (Wildman–Crippen LogP) is 9.04. The first kappa shape index (κ1) is 61.6. The first-order chi connectivity index (χ1) is 31.5. The topological polar surface area (TPSA) is 212 Å². The van der Waals surface area contributed by atoms with E-state index >= 15 is 0 Å². The standard InChI is InChI=1S/C50H93N5O9S/c1-4-6-8-10-12-14-16-18-20-22-24-26-30-34-48(60)63-39-43(64-49(61)35-31-27-25-23-21-19-17-15-13-11-9-7-5-2)40-65-41-44(55-42(3)56)50(62)54-38-47(59)52-36-32-28-29-33-46(58)53-37-45(51)57/h43-44H,4-41H2,1-3H3,(H2,51,57)(H,52,59)(H,53,58)(H,54,62)(H,55,56). The summed E-state index contributed by atoms with van der Waals surface area (Å²) in [7, 11) is 0. The van der Waals surface area contributed by atoms with Gasteiger partial charge in [0.05, 0.1) is 13.1 Å². The van der Waals surface area contributed by atoms with Crippen LogP contribution in [-0.4, -0.2) is 91.4 Å². The third-order valence-electron chi connectivity index (χ3n) is 11.3. The average Bonchev–Trinajstić information content (AvgIpc) is 3.27. The molecule has 15 heteroatoms. The summed E-state index contributed by atoms with van der Waals surface area (Å²) in [6.07, 6.45) is 33.5. The third-order valence-corrected chi connectivity index (χ3v) is 12.4. The fourth-order valence-corrected chi connectivity index (χ4v) is 8.41. The molecule has 5 amide bonds. The van der Waals surface area contributed by atoms with Crippen LogP contribution in [-0.2, 0) is 43.0 Å². The van der Waals surface area contributed by atoms with Crippen molar-refractivity contribution in [3.63, 3.8) is 0 Å². The summed E-state index contributed by atoms with van der Waals surface area (Å²) >= 11 is 1.29. The van der Waals surface area contributed by atoms with Crippen molar-refractivity contribution in [2.24, 2.45) is 5.73 Å². The van der Waals surface area contributed by atoms with Gasteiger partial charge in [0, 0.05) is 44.2 Å². The van der Waals surface area contributed by atoms with Crippen LogP contribution in [0.3, 0.4) is 0 Å². The number of thioether (sulfide) groups is 1. The summed E-state index contributed by atoms with van der Waals surface area (Å²) in [5, 5.41) is 10.4. The number of ether oxygens (including phenoxy) is 2. The molecule has 0 aliphatic heterocycles. The molecule has 14 nitrogen and oxygen atoms in total. The van der Waals surface area contributed by atoms with E-state index in [4.69, 9.17) is 15.2 Å². The summed E-state index contributed by atoms with van der Waals surface area (Å²) in [5.41, 5.74) is 5.02. The van der Waals surface area contributed by atoms with Crippen molar-refractivity contribution in [1.82, 2.24) is 21.3 Å². The van der Waals surface area contributed by atoms with Gasteiger partial charge in [-0.1, -0.05) is 174 Å². The Morgan fingerprint density at radius 3 is 1.42 bits per heavy atom. The first-order valence-corrected chi connectivity index (χ1v) is 26.9. The molecule has 0 saturated carbocycles. The van der Waals surface area contributed by atoms with Crippen molar-refractivity contribution in [3.8, 4) is 0 Å². The van der Waals surface area contributed by atoms with Gasteiger partial charge in [-0.25, -0.2) is 0 Å². The SMILES string of the molecule is CCCCCCCCCCCCCCCC(=O)OCC(CSCC(NC(C)=O)C(=O)NCC(=O)NCCCCCC(=O)NCC(N)=O)OC(=O)CCCCCCCCCCCCCCC. The van der Waals surface area contributed by atoms with Gasteiger partial charge in [-0.15, -0.1) is 0 Å². The van der Waals surface area contributed by atoms with Crippen LogP contribution >= 0.6 is 11.8 Å². The van der Waals surface area contributed by atoms with Gasteiger partial charge in [-0.3, -0.25) is 33.6 Å². The van der Waals surface area contributed by atoms with Gasteiger partial charge >= 0.3 is 11.9 Å². The van der Waals surface area contributed by atoms with Crippen LogP contribution < -0.4 is 27.0 Å². The lowest BCUT2D eigenvalue weighted by molar-refractivity contribution is -0.157. The first-order valence-electron chi connectivity index (χ1n) is 25.8. The predicted molar refractivity (Wildman–Crippen MR) is 263 cm³/mol. The number of carbonyl (C=O) groups is 7. The van der Waals surface area contributed by atoms with E-state index in [2.05, 4.69) is 35.1 Å². The smallest absolute Gasteiger partial charge is 0.306 e. The van der Waals surface area contributed by atoms with Crippen LogP contribution in [0, 0.1) is 0 Å². The van der Waals surface area contributed by atoms with Gasteiger partial charge in [0.25, 0.3) is 0 Å². The molecule has 0 aliphatic carbocycles. The third kappa shape index (κ3) is 44.3. The van der Waals surface area contributed by atoms with Crippen molar-refractivity contribution in [3.05, 3.63) is 0 Å². The van der Waals surface area contributed by atoms with Gasteiger partial charge in [0.1, 0.15) is 18.8 Å². The average molecular weight is 940 g/mol. The second-order valence-corrected chi connectivity index (χ2v) is 18.8. The molecule has 0 saturated heterocycles. The lowest BCUT2D eigenvalue weighted by Gasteiger charge is -2.20. The molecular weight excluding hydrogens is 847 g/mol. The zero-order valence-corrected chi connectivity index (χ0v) is 42.0. The molecule has 0 aromatic heterocycles. The van der Waals surface area contributed by atoms with Crippen molar-refractivity contribution in [2.45, 2.75) is 238 Å². The van der Waals surface area contributed by atoms with E-state index in [9.17, 15) is 33.6 Å². The number of primary amides is 1. The number of esters is 2. The monoisotopic (exact) mass is 940 g/mol. The molecule has 0 rings (SSSR count). The maximum absolute atomic E-state index is 13.1. The number of unbranched alkanes of at least 4 members (excludes halogenated alkanes) is 26. The fourth-order valence-electron chi connectivity index (χ4n) is 7.38. The molecule has 2 atom stereocenters. The minimum absolute atomic E-state index is 0.0890. The second kappa shape index (κ2) is 45.8. The van der Waals surface area contributed by atoms with Crippen LogP contribution in [0.2, 0.25) is 0 Å². The summed E-state index contributed by atoms with van der Waals surface area (Å²) in [6.45, 7) is 5.57. The quantitative estimate of drug-likeness (QED) is 0.0289. The normalized spacial score (nSPS) is 11.9. The van der Waals surface area contributed by atoms with Crippen LogP contribution in [0.4, 0.5) is 0 Å². The summed E-state index contributed by atoms with van der Waals surface area (Å²) < 4.78 is 11.4. The zero-order chi connectivity index (χ0) is 48.0. The van der Waals surface area contributed by atoms with Crippen LogP contribution in [0.25, 0.3) is 0 Å². The Hall–Kier alpha value is -3.36. The molecule has 65 heavy (non-hydrogen) atoms. The maximum atomic E-state index is 13.1. The van der Waals surface area contributed by atoms with Crippen molar-refractivity contribution < 1.29 is 43.0 Å². The highest BCUT2D eigenvalue weighted by Gasteiger charge is 2.23. The Morgan fingerprint density at radius 2 is 0.938 bits per heavy atom. The Morgan fingerprint density at radius 1 is 0.492 bits per heavy atom.